The first kappa shape index (κ1) is 20.5. The number of carbonyl (C=O) groups is 1. The van der Waals surface area contributed by atoms with Gasteiger partial charge in [0, 0.05) is 11.8 Å². The molecule has 0 aliphatic carbocycles. The molecule has 9 nitrogen and oxygen atoms in total. The number of ether oxygens (including phenoxy) is 2. The maximum absolute atomic E-state index is 12.4. The van der Waals surface area contributed by atoms with E-state index in [2.05, 4.69) is 5.32 Å². The Morgan fingerprint density at radius 3 is 2.50 bits per heavy atom. The van der Waals surface area contributed by atoms with Crippen LogP contribution in [0.5, 0.6) is 17.2 Å². The van der Waals surface area contributed by atoms with E-state index >= 15 is 0 Å². The van der Waals surface area contributed by atoms with Gasteiger partial charge in [-0.25, -0.2) is 0 Å². The van der Waals surface area contributed by atoms with Crippen LogP contribution in [0.25, 0.3) is 6.08 Å². The molecule has 0 fully saturated rings. The Labute approximate surface area is 164 Å². The quantitative estimate of drug-likeness (QED) is 0.326. The minimum atomic E-state index is -0.805. The van der Waals surface area contributed by atoms with E-state index in [1.54, 1.807) is 12.1 Å². The monoisotopic (exact) mass is 403 g/mol. The highest BCUT2D eigenvalue weighted by molar-refractivity contribution is 6.32. The number of nitro benzene ring substituents is 1. The van der Waals surface area contributed by atoms with Crippen molar-refractivity contribution in [2.45, 2.75) is 0 Å². The Bertz CT molecular complexity index is 1010. The van der Waals surface area contributed by atoms with Crippen LogP contribution in [0.4, 0.5) is 11.4 Å². The molecule has 0 saturated heterocycles. The van der Waals surface area contributed by atoms with Gasteiger partial charge in [-0.2, -0.15) is 5.26 Å². The van der Waals surface area contributed by atoms with Gasteiger partial charge in [0.25, 0.3) is 5.91 Å². The number of amides is 1. The Morgan fingerprint density at radius 2 is 1.96 bits per heavy atom. The van der Waals surface area contributed by atoms with Gasteiger partial charge in [0.1, 0.15) is 17.4 Å². The summed E-state index contributed by atoms with van der Waals surface area (Å²) in [5.74, 6) is -1.15. The molecule has 28 heavy (non-hydrogen) atoms. The van der Waals surface area contributed by atoms with Crippen molar-refractivity contribution < 1.29 is 24.3 Å². The Balaban J connectivity index is 2.36. The maximum Gasteiger partial charge on any atom is 0.315 e. The van der Waals surface area contributed by atoms with Crippen LogP contribution < -0.4 is 14.8 Å². The molecule has 0 heterocycles. The zero-order valence-corrected chi connectivity index (χ0v) is 15.5. The molecule has 0 unspecified atom stereocenters. The zero-order chi connectivity index (χ0) is 20.8. The summed E-state index contributed by atoms with van der Waals surface area (Å²) < 4.78 is 9.91. The van der Waals surface area contributed by atoms with Crippen molar-refractivity contribution in [1.82, 2.24) is 0 Å². The summed E-state index contributed by atoms with van der Waals surface area (Å²) in [6, 6.07) is 8.53. The van der Waals surface area contributed by atoms with Crippen LogP contribution in [0.2, 0.25) is 5.02 Å². The number of hydrogen-bond donors (Lipinski definition) is 2. The van der Waals surface area contributed by atoms with Crippen molar-refractivity contribution in [2.75, 3.05) is 19.5 Å². The van der Waals surface area contributed by atoms with Crippen LogP contribution in [0.15, 0.2) is 35.9 Å². The Kier molecular flexibility index (Phi) is 6.42. The van der Waals surface area contributed by atoms with Crippen LogP contribution in [0.3, 0.4) is 0 Å². The highest BCUT2D eigenvalue weighted by Crippen LogP contribution is 2.37. The Morgan fingerprint density at radius 1 is 1.29 bits per heavy atom. The summed E-state index contributed by atoms with van der Waals surface area (Å²) in [6.45, 7) is 0. The minimum Gasteiger partial charge on any atom is -0.500 e. The number of hydrogen-bond acceptors (Lipinski definition) is 7. The van der Waals surface area contributed by atoms with Gasteiger partial charge in [-0.15, -0.1) is 0 Å². The number of aromatic hydroxyl groups is 1. The number of nitriles is 1. The summed E-state index contributed by atoms with van der Waals surface area (Å²) in [5, 5.41) is 32.9. The molecule has 0 spiro atoms. The van der Waals surface area contributed by atoms with E-state index in [0.29, 0.717) is 11.4 Å². The molecule has 144 valence electrons. The number of phenolic OH excluding ortho intramolecular Hbond substituents is 1. The molecule has 0 aliphatic heterocycles. The van der Waals surface area contributed by atoms with E-state index in [-0.39, 0.29) is 21.9 Å². The van der Waals surface area contributed by atoms with Crippen molar-refractivity contribution in [2.24, 2.45) is 0 Å². The molecule has 1 amide bonds. The number of nitrogens with zero attached hydrogens (tertiary/aromatic N) is 2. The lowest BCUT2D eigenvalue weighted by atomic mass is 10.1. The molecule has 0 radical (unpaired) electrons. The number of nitrogens with one attached hydrogen (secondary N) is 1. The lowest BCUT2D eigenvalue weighted by Gasteiger charge is -2.08. The van der Waals surface area contributed by atoms with Crippen LogP contribution in [-0.4, -0.2) is 30.2 Å². The average molecular weight is 404 g/mol. The third-order valence-electron chi connectivity index (χ3n) is 3.58. The van der Waals surface area contributed by atoms with E-state index in [0.717, 1.165) is 12.1 Å². The number of nitro groups is 1. The van der Waals surface area contributed by atoms with Gasteiger partial charge in [-0.05, 0) is 35.9 Å². The maximum atomic E-state index is 12.4. The standard InChI is InChI=1S/C18H14ClN3O6/c1-27-15-4-3-12(8-13(15)19)21-18(24)11(9-20)5-10-6-14(22(25)26)17(23)16(7-10)28-2/h3-8,23H,1-2H3,(H,21,24)/b11-5+. The van der Waals surface area contributed by atoms with E-state index in [1.165, 1.54) is 32.4 Å². The summed E-state index contributed by atoms with van der Waals surface area (Å²) in [5.41, 5.74) is -0.494. The first-order valence-corrected chi connectivity index (χ1v) is 8.00. The van der Waals surface area contributed by atoms with E-state index in [1.807, 2.05) is 0 Å². The van der Waals surface area contributed by atoms with Gasteiger partial charge in [0.05, 0.1) is 24.2 Å². The van der Waals surface area contributed by atoms with E-state index in [9.17, 15) is 25.3 Å². The number of methoxy groups -OCH3 is 2. The molecule has 0 aromatic heterocycles. The van der Waals surface area contributed by atoms with Crippen molar-refractivity contribution >= 4 is 35.0 Å². The highest BCUT2D eigenvalue weighted by Gasteiger charge is 2.20. The molecule has 0 saturated carbocycles. The smallest absolute Gasteiger partial charge is 0.315 e. The lowest BCUT2D eigenvalue weighted by Crippen LogP contribution is -2.13. The van der Waals surface area contributed by atoms with Gasteiger partial charge in [-0.1, -0.05) is 11.6 Å². The molecule has 0 aliphatic rings. The molecule has 0 bridgehead atoms. The second kappa shape index (κ2) is 8.75. The molecule has 2 N–H and O–H groups in total. The summed E-state index contributed by atoms with van der Waals surface area (Å²) >= 11 is 5.99. The first-order valence-electron chi connectivity index (χ1n) is 7.62. The molecule has 0 atom stereocenters. The molecule has 2 aromatic carbocycles. The van der Waals surface area contributed by atoms with Crippen molar-refractivity contribution in [3.05, 3.63) is 56.6 Å². The summed E-state index contributed by atoms with van der Waals surface area (Å²) in [7, 11) is 2.67. The first-order chi connectivity index (χ1) is 13.3. The van der Waals surface area contributed by atoms with E-state index in [4.69, 9.17) is 21.1 Å². The Hall–Kier alpha value is -3.77. The van der Waals surface area contributed by atoms with Gasteiger partial charge in [0.15, 0.2) is 5.75 Å². The van der Waals surface area contributed by atoms with Crippen LogP contribution in [-0.2, 0) is 4.79 Å². The van der Waals surface area contributed by atoms with Gasteiger partial charge in [-0.3, -0.25) is 14.9 Å². The normalized spacial score (nSPS) is 10.7. The second-order valence-electron chi connectivity index (χ2n) is 5.32. The fraction of sp³-hybridized carbons (Fsp3) is 0.111. The second-order valence-corrected chi connectivity index (χ2v) is 5.73. The minimum absolute atomic E-state index is 0.126. The third-order valence-corrected chi connectivity index (χ3v) is 3.87. The molecule has 10 heteroatoms. The fourth-order valence-corrected chi connectivity index (χ4v) is 2.51. The number of carbonyl (C=O) groups excluding carboxylic acids is 1. The SMILES string of the molecule is COc1ccc(NC(=O)/C(C#N)=C/c2cc(OC)c(O)c([N+](=O)[O-])c2)cc1Cl. The topological polar surface area (TPSA) is 135 Å². The molecule has 2 rings (SSSR count). The van der Waals surface area contributed by atoms with Gasteiger partial charge >= 0.3 is 5.69 Å². The van der Waals surface area contributed by atoms with E-state index < -0.39 is 22.3 Å². The van der Waals surface area contributed by atoms with Crippen molar-refractivity contribution in [3.8, 4) is 23.3 Å². The molecule has 2 aromatic rings. The van der Waals surface area contributed by atoms with Gasteiger partial charge < -0.3 is 19.9 Å². The number of phenols is 1. The lowest BCUT2D eigenvalue weighted by molar-refractivity contribution is -0.386. The predicted molar refractivity (Wildman–Crippen MR) is 102 cm³/mol. The number of benzene rings is 2. The van der Waals surface area contributed by atoms with Crippen molar-refractivity contribution in [1.29, 1.82) is 5.26 Å². The number of halogens is 1. The zero-order valence-electron chi connectivity index (χ0n) is 14.7. The average Bonchev–Trinajstić information content (AvgIpc) is 2.66. The van der Waals surface area contributed by atoms with Gasteiger partial charge in [0.2, 0.25) is 5.75 Å². The molecular weight excluding hydrogens is 390 g/mol. The number of anilines is 1. The predicted octanol–water partition coefficient (Wildman–Crippen LogP) is 3.52. The summed E-state index contributed by atoms with van der Waals surface area (Å²) in [4.78, 5) is 22.6. The molecular formula is C18H14ClN3O6. The van der Waals surface area contributed by atoms with Crippen LogP contribution in [0, 0.1) is 21.4 Å². The summed E-state index contributed by atoms with van der Waals surface area (Å²) in [6.07, 6.45) is 1.13. The van der Waals surface area contributed by atoms with Crippen LogP contribution >= 0.6 is 11.6 Å². The number of rotatable bonds is 6. The third kappa shape index (κ3) is 4.49. The highest BCUT2D eigenvalue weighted by atomic mass is 35.5. The van der Waals surface area contributed by atoms with Crippen LogP contribution in [0.1, 0.15) is 5.56 Å². The fourth-order valence-electron chi connectivity index (χ4n) is 2.25. The largest absolute Gasteiger partial charge is 0.500 e. The van der Waals surface area contributed by atoms with Crippen molar-refractivity contribution in [3.63, 3.8) is 0 Å².